The lowest BCUT2D eigenvalue weighted by molar-refractivity contribution is -0.364. The van der Waals surface area contributed by atoms with Crippen molar-refractivity contribution in [1.82, 2.24) is 0 Å². The molecule has 5 saturated heterocycles. The number of hydrogen-bond acceptors (Lipinski definition) is 20. The molecule has 3 aromatic rings. The maximum absolute atomic E-state index is 14.2. The van der Waals surface area contributed by atoms with Gasteiger partial charge >= 0.3 is 17.9 Å². The number of benzene rings is 3. The van der Waals surface area contributed by atoms with Crippen molar-refractivity contribution in [3.8, 4) is 0 Å². The van der Waals surface area contributed by atoms with E-state index in [0.29, 0.717) is 6.42 Å². The van der Waals surface area contributed by atoms with Crippen LogP contribution in [0.2, 0.25) is 0 Å². The summed E-state index contributed by atoms with van der Waals surface area (Å²) in [6, 6.07) is 23.4. The summed E-state index contributed by atoms with van der Waals surface area (Å²) in [6.07, 6.45) is -15.2. The van der Waals surface area contributed by atoms with Crippen LogP contribution in [0.5, 0.6) is 0 Å². The van der Waals surface area contributed by atoms with E-state index < -0.39 is 152 Å². The number of nitrogens with zero attached hydrogens (tertiary/aromatic N) is 9. The molecule has 26 heteroatoms. The SMILES string of the molecule is CCC1O[C@H](O[C@@H]2C(C)O[C@@H](O[C@@H]3C(CC)O[C@H](O[C@@H]4C(C(=O)OC)O[C@@H](O[C@@H]5C(COC(=O)c6ccccc6)O[C@H](OC)C(N=[N+]=[N-])[C@H]5C)C(OC(=O)c5ccccc5)[C@H]4C)C(N=[N+]=[N-])[C@H]3C)C(OCc3ccccc3)[C@H]2C)C(N=[N+]=[N-])[C@@H](C)[C@@H]1C. The monoisotopic (exact) mass is 1210 g/mol. The molecule has 87 heavy (non-hydrogen) atoms. The van der Waals surface area contributed by atoms with E-state index in [2.05, 4.69) is 37.0 Å². The molecule has 0 aliphatic carbocycles. The Hall–Kier alpha value is -6.44. The fraction of sp³-hybridized carbons (Fsp3) is 0.656. The van der Waals surface area contributed by atoms with Crippen molar-refractivity contribution in [2.75, 3.05) is 20.8 Å². The van der Waals surface area contributed by atoms with Crippen molar-refractivity contribution in [1.29, 1.82) is 0 Å². The first kappa shape index (κ1) is 66.5. The molecule has 0 aromatic heterocycles. The van der Waals surface area contributed by atoms with Crippen LogP contribution in [0, 0.1) is 35.5 Å². The first-order chi connectivity index (χ1) is 42.0. The Morgan fingerprint density at radius 3 is 1.51 bits per heavy atom. The molecule has 5 aliphatic heterocycles. The molecular weight excluding hydrogens is 1130 g/mol. The van der Waals surface area contributed by atoms with Crippen LogP contribution in [-0.2, 0) is 77.7 Å². The molecule has 472 valence electrons. The van der Waals surface area contributed by atoms with Crippen molar-refractivity contribution in [3.63, 3.8) is 0 Å². The van der Waals surface area contributed by atoms with Crippen LogP contribution < -0.4 is 0 Å². The van der Waals surface area contributed by atoms with Crippen molar-refractivity contribution < 1.29 is 80.7 Å². The van der Waals surface area contributed by atoms with Gasteiger partial charge in [-0.25, -0.2) is 14.4 Å². The zero-order valence-electron chi connectivity index (χ0n) is 50.9. The Morgan fingerprint density at radius 1 is 0.483 bits per heavy atom. The molecule has 10 unspecified atom stereocenters. The maximum atomic E-state index is 14.2. The molecule has 0 radical (unpaired) electrons. The van der Waals surface area contributed by atoms with Gasteiger partial charge in [0.05, 0.1) is 79.6 Å². The van der Waals surface area contributed by atoms with Gasteiger partial charge in [0.1, 0.15) is 24.9 Å². The number of rotatable bonds is 23. The molecule has 0 bridgehead atoms. The van der Waals surface area contributed by atoms with E-state index in [1.165, 1.54) is 7.11 Å². The average Bonchev–Trinajstić information content (AvgIpc) is 1.24. The number of hydrogen-bond donors (Lipinski definition) is 0. The van der Waals surface area contributed by atoms with Gasteiger partial charge in [-0.15, -0.1) is 0 Å². The molecule has 0 saturated carbocycles. The van der Waals surface area contributed by atoms with Crippen LogP contribution in [0.25, 0.3) is 31.3 Å². The maximum Gasteiger partial charge on any atom is 0.338 e. The number of carbonyl (C=O) groups excluding carboxylic acids is 3. The van der Waals surface area contributed by atoms with Crippen LogP contribution in [0.3, 0.4) is 0 Å². The van der Waals surface area contributed by atoms with E-state index in [0.717, 1.165) is 19.1 Å². The molecule has 0 amide bonds. The number of ether oxygens (including phenoxy) is 14. The summed E-state index contributed by atoms with van der Waals surface area (Å²) in [5.41, 5.74) is 30.9. The van der Waals surface area contributed by atoms with E-state index in [-0.39, 0.29) is 42.3 Å². The third kappa shape index (κ3) is 15.4. The van der Waals surface area contributed by atoms with Crippen LogP contribution in [0.4, 0.5) is 0 Å². The van der Waals surface area contributed by atoms with Gasteiger partial charge in [-0.05, 0) is 89.9 Å². The lowest BCUT2D eigenvalue weighted by atomic mass is 9.81. The Kier molecular flexibility index (Phi) is 23.8. The minimum absolute atomic E-state index is 0.0440. The number of carbonyl (C=O) groups is 3. The predicted molar refractivity (Wildman–Crippen MR) is 309 cm³/mol. The zero-order valence-corrected chi connectivity index (χ0v) is 50.9. The summed E-state index contributed by atoms with van der Waals surface area (Å²) in [6.45, 7) is 17.0. The second-order valence-electron chi connectivity index (χ2n) is 22.9. The predicted octanol–water partition coefficient (Wildman–Crippen LogP) is 10.3. The molecule has 25 atom stereocenters. The van der Waals surface area contributed by atoms with E-state index in [1.54, 1.807) is 74.5 Å². The standard InChI is InChI=1S/C61H81N9O17/c1-12-41-31(3)32(4)44(65-68-62)58(79-41)83-47-35(7)51(76-29-38-23-17-14-18-24-38)60(78-37(47)9)84-48-34(6)46(67-70-64)59(80-42(48)13-2)86-50-36(8)52(82-55(72)40-27-21-16-22-28-40)61(87-53(50)56(73)74-10)85-49-33(5)45(66-69-63)57(75-11)81-43(49)30-77-54(71)39-25-19-15-20-26-39/h14-28,31-37,41-53,57-61H,12-13,29-30H2,1-11H3/t31-,32-,33+,34+,35-,36-,37?,41?,42?,43?,44?,45?,46?,47-,48-,49-,50-,51?,52?,53?,57-,58+,59+,60-,61+/m0/s1. The number of azide groups is 3. The summed E-state index contributed by atoms with van der Waals surface area (Å²) < 4.78 is 90.3. The lowest BCUT2D eigenvalue weighted by Gasteiger charge is -2.51. The van der Waals surface area contributed by atoms with Gasteiger partial charge < -0.3 is 66.3 Å². The molecule has 26 nitrogen and oxygen atoms in total. The minimum atomic E-state index is -1.62. The summed E-state index contributed by atoms with van der Waals surface area (Å²) in [7, 11) is 2.53. The topological polar surface area (TPSA) is 327 Å². The first-order valence-electron chi connectivity index (χ1n) is 29.8. The lowest BCUT2D eigenvalue weighted by Crippen LogP contribution is -2.64. The van der Waals surface area contributed by atoms with Gasteiger partial charge in [-0.3, -0.25) is 0 Å². The van der Waals surface area contributed by atoms with Crippen LogP contribution in [0.15, 0.2) is 106 Å². The number of methoxy groups -OCH3 is 2. The summed E-state index contributed by atoms with van der Waals surface area (Å²) in [5, 5.41) is 12.4. The van der Waals surface area contributed by atoms with Gasteiger partial charge in [-0.1, -0.05) is 137 Å². The molecular formula is C61H81N9O17. The second kappa shape index (κ2) is 31.1. The summed E-state index contributed by atoms with van der Waals surface area (Å²) in [4.78, 5) is 51.1. The molecule has 5 fully saturated rings. The zero-order chi connectivity index (χ0) is 62.5. The molecule has 8 rings (SSSR count). The van der Waals surface area contributed by atoms with Crippen LogP contribution in [0.1, 0.15) is 101 Å². The van der Waals surface area contributed by atoms with Gasteiger partial charge in [0.15, 0.2) is 43.7 Å². The van der Waals surface area contributed by atoms with Crippen LogP contribution in [-0.4, -0.2) is 155 Å². The van der Waals surface area contributed by atoms with E-state index in [4.69, 9.17) is 66.3 Å². The third-order valence-electron chi connectivity index (χ3n) is 17.7. The first-order valence-corrected chi connectivity index (χ1v) is 29.8. The third-order valence-corrected chi connectivity index (χ3v) is 17.7. The normalized spacial score (nSPS) is 37.6. The molecule has 0 spiro atoms. The van der Waals surface area contributed by atoms with Gasteiger partial charge in [-0.2, -0.15) is 0 Å². The van der Waals surface area contributed by atoms with Crippen LogP contribution >= 0.6 is 0 Å². The minimum Gasteiger partial charge on any atom is -0.467 e. The van der Waals surface area contributed by atoms with Gasteiger partial charge in [0.2, 0.25) is 0 Å². The van der Waals surface area contributed by atoms with E-state index >= 15 is 0 Å². The highest BCUT2D eigenvalue weighted by Gasteiger charge is 2.57. The van der Waals surface area contributed by atoms with Gasteiger partial charge in [0.25, 0.3) is 0 Å². The quantitative estimate of drug-likeness (QED) is 0.0280. The highest BCUT2D eigenvalue weighted by molar-refractivity contribution is 5.90. The Morgan fingerprint density at radius 2 is 0.954 bits per heavy atom. The fourth-order valence-electron chi connectivity index (χ4n) is 12.5. The van der Waals surface area contributed by atoms with E-state index in [1.807, 2.05) is 71.9 Å². The van der Waals surface area contributed by atoms with Crippen molar-refractivity contribution in [2.45, 2.75) is 198 Å². The highest BCUT2D eigenvalue weighted by atomic mass is 16.8. The largest absolute Gasteiger partial charge is 0.467 e. The fourth-order valence-corrected chi connectivity index (χ4v) is 12.5. The number of esters is 3. The Labute approximate surface area is 506 Å². The van der Waals surface area contributed by atoms with Crippen molar-refractivity contribution >= 4 is 17.9 Å². The second-order valence-corrected chi connectivity index (χ2v) is 22.9. The highest BCUT2D eigenvalue weighted by Crippen LogP contribution is 2.44. The van der Waals surface area contributed by atoms with Gasteiger partial charge in [0, 0.05) is 33.7 Å². The van der Waals surface area contributed by atoms with E-state index in [9.17, 15) is 31.0 Å². The molecule has 3 aromatic carbocycles. The molecule has 0 N–H and O–H groups in total. The Balaban J connectivity index is 1.08. The van der Waals surface area contributed by atoms with Crippen molar-refractivity contribution in [3.05, 3.63) is 139 Å². The summed E-state index contributed by atoms with van der Waals surface area (Å²) >= 11 is 0. The Bertz CT molecular complexity index is 2870. The smallest absolute Gasteiger partial charge is 0.338 e. The average molecular weight is 1210 g/mol. The molecule has 5 heterocycles. The summed E-state index contributed by atoms with van der Waals surface area (Å²) in [5.74, 6) is -5.11. The molecule has 5 aliphatic rings. The van der Waals surface area contributed by atoms with Crippen molar-refractivity contribution in [2.24, 2.45) is 50.9 Å².